The van der Waals surface area contributed by atoms with Gasteiger partial charge in [0.1, 0.15) is 0 Å². The number of benzene rings is 2. The van der Waals surface area contributed by atoms with Gasteiger partial charge in [0, 0.05) is 5.41 Å². The van der Waals surface area contributed by atoms with Crippen molar-refractivity contribution in [3.8, 4) is 11.1 Å². The zero-order valence-corrected chi connectivity index (χ0v) is 15.9. The van der Waals surface area contributed by atoms with E-state index in [2.05, 4.69) is 98.8 Å². The molecule has 0 spiro atoms. The monoisotopic (exact) mass is 338 g/mol. The Labute approximate surface area is 157 Å². The number of fused-ring (bicyclic) bond motifs is 3. The van der Waals surface area contributed by atoms with E-state index in [4.69, 9.17) is 0 Å². The summed E-state index contributed by atoms with van der Waals surface area (Å²) in [5.74, 6) is 0.633. The van der Waals surface area contributed by atoms with Crippen molar-refractivity contribution in [3.05, 3.63) is 102 Å². The topological polar surface area (TPSA) is 0 Å². The average molecular weight is 338 g/mol. The van der Waals surface area contributed by atoms with Gasteiger partial charge in [-0.3, -0.25) is 0 Å². The molecule has 2 aliphatic rings. The van der Waals surface area contributed by atoms with Crippen LogP contribution in [0.5, 0.6) is 0 Å². The predicted octanol–water partition coefficient (Wildman–Crippen LogP) is 7.08. The number of allylic oxidation sites excluding steroid dienone is 8. The molecule has 2 aromatic carbocycles. The van der Waals surface area contributed by atoms with Crippen LogP contribution in [-0.4, -0.2) is 0 Å². The Morgan fingerprint density at radius 1 is 0.923 bits per heavy atom. The van der Waals surface area contributed by atoms with Gasteiger partial charge in [-0.1, -0.05) is 92.8 Å². The van der Waals surface area contributed by atoms with Gasteiger partial charge in [0.05, 0.1) is 0 Å². The van der Waals surface area contributed by atoms with Gasteiger partial charge in [-0.25, -0.2) is 0 Å². The van der Waals surface area contributed by atoms with Crippen LogP contribution in [0.15, 0.2) is 85.0 Å². The van der Waals surface area contributed by atoms with Crippen molar-refractivity contribution < 1.29 is 0 Å². The van der Waals surface area contributed by atoms with Crippen molar-refractivity contribution >= 4 is 5.57 Å². The van der Waals surface area contributed by atoms with Gasteiger partial charge in [-0.15, -0.1) is 0 Å². The Morgan fingerprint density at radius 2 is 1.69 bits per heavy atom. The van der Waals surface area contributed by atoms with Gasteiger partial charge < -0.3 is 0 Å². The summed E-state index contributed by atoms with van der Waals surface area (Å²) in [6.07, 6.45) is 16.3. The molecule has 0 nitrogen and oxygen atoms in total. The summed E-state index contributed by atoms with van der Waals surface area (Å²) in [6, 6.07) is 15.9. The maximum atomic E-state index is 2.40. The van der Waals surface area contributed by atoms with Gasteiger partial charge in [0.2, 0.25) is 0 Å². The van der Waals surface area contributed by atoms with Crippen molar-refractivity contribution in [1.82, 2.24) is 0 Å². The molecule has 0 bridgehead atoms. The van der Waals surface area contributed by atoms with E-state index in [1.165, 1.54) is 33.4 Å². The molecule has 0 N–H and O–H groups in total. The first-order chi connectivity index (χ1) is 12.6. The molecule has 0 saturated heterocycles. The summed E-state index contributed by atoms with van der Waals surface area (Å²) in [4.78, 5) is 0. The molecule has 0 aromatic heterocycles. The fraction of sp³-hybridized carbons (Fsp3) is 0.231. The van der Waals surface area contributed by atoms with Crippen LogP contribution in [-0.2, 0) is 5.41 Å². The number of rotatable bonds is 5. The van der Waals surface area contributed by atoms with Gasteiger partial charge in [0.25, 0.3) is 0 Å². The second kappa shape index (κ2) is 6.61. The lowest BCUT2D eigenvalue weighted by molar-refractivity contribution is 0.660. The molecule has 0 heterocycles. The number of hydrogen-bond acceptors (Lipinski definition) is 0. The van der Waals surface area contributed by atoms with Gasteiger partial charge in [-0.05, 0) is 58.7 Å². The predicted molar refractivity (Wildman–Crippen MR) is 113 cm³/mol. The van der Waals surface area contributed by atoms with E-state index in [0.717, 1.165) is 6.42 Å². The molecule has 130 valence electrons. The zero-order chi connectivity index (χ0) is 18.1. The molecule has 0 saturated carbocycles. The lowest BCUT2D eigenvalue weighted by atomic mass is 9.82. The summed E-state index contributed by atoms with van der Waals surface area (Å²) >= 11 is 0. The lowest BCUT2D eigenvalue weighted by Gasteiger charge is -2.21. The molecule has 26 heavy (non-hydrogen) atoms. The first kappa shape index (κ1) is 16.8. The summed E-state index contributed by atoms with van der Waals surface area (Å²) in [7, 11) is 0. The lowest BCUT2D eigenvalue weighted by Crippen LogP contribution is -2.14. The van der Waals surface area contributed by atoms with Crippen molar-refractivity contribution in [3.63, 3.8) is 0 Å². The third kappa shape index (κ3) is 3.01. The number of hydrogen-bond donors (Lipinski definition) is 0. The summed E-state index contributed by atoms with van der Waals surface area (Å²) in [5.41, 5.74) is 8.50. The highest BCUT2D eigenvalue weighted by Crippen LogP contribution is 2.49. The Morgan fingerprint density at radius 3 is 2.46 bits per heavy atom. The first-order valence-electron chi connectivity index (χ1n) is 9.53. The molecule has 0 amide bonds. The average Bonchev–Trinajstić information content (AvgIpc) is 3.44. The molecular formula is C26H26. The van der Waals surface area contributed by atoms with E-state index in [1.54, 1.807) is 0 Å². The van der Waals surface area contributed by atoms with Crippen molar-refractivity contribution in [2.75, 3.05) is 0 Å². The van der Waals surface area contributed by atoms with Crippen LogP contribution in [0.25, 0.3) is 16.7 Å². The van der Waals surface area contributed by atoms with Gasteiger partial charge in [-0.2, -0.15) is 0 Å². The molecule has 0 atom stereocenters. The normalized spacial score (nSPS) is 17.9. The second-order valence-corrected chi connectivity index (χ2v) is 7.79. The first-order valence-corrected chi connectivity index (χ1v) is 9.53. The van der Waals surface area contributed by atoms with Crippen molar-refractivity contribution in [2.24, 2.45) is 5.92 Å². The SMILES string of the molecule is C/C=C/C=C\C=C(\CC1C=C1)c1ccc2c(c1)-c1ccccc1C2(C)C. The highest BCUT2D eigenvalue weighted by atomic mass is 14.4. The summed E-state index contributed by atoms with van der Waals surface area (Å²) in [6.45, 7) is 6.72. The van der Waals surface area contributed by atoms with E-state index in [9.17, 15) is 0 Å². The maximum Gasteiger partial charge on any atom is 0.0158 e. The Bertz CT molecular complexity index is 942. The van der Waals surface area contributed by atoms with Crippen LogP contribution in [0.3, 0.4) is 0 Å². The van der Waals surface area contributed by atoms with E-state index < -0.39 is 0 Å². The van der Waals surface area contributed by atoms with Gasteiger partial charge >= 0.3 is 0 Å². The molecule has 0 aliphatic heterocycles. The molecule has 0 fully saturated rings. The van der Waals surface area contributed by atoms with Crippen LogP contribution >= 0.6 is 0 Å². The molecular weight excluding hydrogens is 312 g/mol. The molecule has 0 heteroatoms. The second-order valence-electron chi connectivity index (χ2n) is 7.79. The summed E-state index contributed by atoms with van der Waals surface area (Å²) in [5, 5.41) is 0. The standard InChI is InChI=1S/C26H26/c1-4-5-6-7-10-20(17-19-13-14-19)21-15-16-25-23(18-21)22-11-8-9-12-24(22)26(25,2)3/h4-16,18-19H,17H2,1-3H3/b5-4+,7-6-,20-10-. The van der Waals surface area contributed by atoms with Crippen LogP contribution in [0, 0.1) is 5.92 Å². The molecule has 4 rings (SSSR count). The Balaban J connectivity index is 1.76. The van der Waals surface area contributed by atoms with Crippen LogP contribution in [0.1, 0.15) is 43.9 Å². The third-order valence-electron chi connectivity index (χ3n) is 5.59. The maximum absolute atomic E-state index is 2.40. The fourth-order valence-electron chi connectivity index (χ4n) is 4.02. The smallest absolute Gasteiger partial charge is 0.0158 e. The highest BCUT2D eigenvalue weighted by molar-refractivity contribution is 5.84. The zero-order valence-electron chi connectivity index (χ0n) is 15.9. The minimum absolute atomic E-state index is 0.0816. The van der Waals surface area contributed by atoms with Crippen LogP contribution in [0.4, 0.5) is 0 Å². The van der Waals surface area contributed by atoms with Crippen LogP contribution < -0.4 is 0 Å². The van der Waals surface area contributed by atoms with Crippen LogP contribution in [0.2, 0.25) is 0 Å². The van der Waals surface area contributed by atoms with Gasteiger partial charge in [0.15, 0.2) is 0 Å². The largest absolute Gasteiger partial charge is 0.0877 e. The Kier molecular flexibility index (Phi) is 4.28. The van der Waals surface area contributed by atoms with E-state index in [-0.39, 0.29) is 5.41 Å². The van der Waals surface area contributed by atoms with E-state index in [1.807, 2.05) is 6.92 Å². The minimum atomic E-state index is 0.0816. The molecule has 2 aliphatic carbocycles. The van der Waals surface area contributed by atoms with E-state index in [0.29, 0.717) is 5.92 Å². The third-order valence-corrected chi connectivity index (χ3v) is 5.59. The summed E-state index contributed by atoms with van der Waals surface area (Å²) < 4.78 is 0. The quantitative estimate of drug-likeness (QED) is 0.403. The van der Waals surface area contributed by atoms with Crippen molar-refractivity contribution in [1.29, 1.82) is 0 Å². The van der Waals surface area contributed by atoms with Crippen molar-refractivity contribution in [2.45, 2.75) is 32.6 Å². The van der Waals surface area contributed by atoms with E-state index >= 15 is 0 Å². The molecule has 0 unspecified atom stereocenters. The fourth-order valence-corrected chi connectivity index (χ4v) is 4.02. The highest BCUT2D eigenvalue weighted by Gasteiger charge is 2.35. The molecule has 0 radical (unpaired) electrons. The minimum Gasteiger partial charge on any atom is -0.0877 e. The molecule has 2 aromatic rings. The Hall–Kier alpha value is -2.60.